The van der Waals surface area contributed by atoms with Crippen LogP contribution in [-0.2, 0) is 4.79 Å². The van der Waals surface area contributed by atoms with E-state index in [-0.39, 0.29) is 17.0 Å². The Morgan fingerprint density at radius 3 is 2.11 bits per heavy atom. The summed E-state index contributed by atoms with van der Waals surface area (Å²) in [5, 5.41) is 14.8. The summed E-state index contributed by atoms with van der Waals surface area (Å²) < 4.78 is 0. The summed E-state index contributed by atoms with van der Waals surface area (Å²) in [6, 6.07) is 9.72. The predicted octanol–water partition coefficient (Wildman–Crippen LogP) is 4.24. The van der Waals surface area contributed by atoms with E-state index in [0.29, 0.717) is 16.9 Å². The first kappa shape index (κ1) is 20.2. The maximum atomic E-state index is 12.6. The monoisotopic (exact) mass is 368 g/mol. The first-order valence-corrected chi connectivity index (χ1v) is 8.56. The molecule has 142 valence electrons. The third-order valence-electron chi connectivity index (χ3n) is 4.01. The second-order valence-electron chi connectivity index (χ2n) is 7.58. The average molecular weight is 368 g/mol. The summed E-state index contributed by atoms with van der Waals surface area (Å²) in [4.78, 5) is 36.0. The fourth-order valence-electron chi connectivity index (χ4n) is 2.39. The second kappa shape index (κ2) is 7.61. The Labute approximate surface area is 158 Å². The van der Waals surface area contributed by atoms with Gasteiger partial charge in [-0.3, -0.25) is 9.59 Å². The summed E-state index contributed by atoms with van der Waals surface area (Å²) in [6.07, 6.45) is 0. The molecule has 0 aromatic heterocycles. The van der Waals surface area contributed by atoms with Gasteiger partial charge in [-0.25, -0.2) is 4.79 Å². The number of nitrogens with one attached hydrogen (secondary N) is 2. The molecule has 0 aliphatic heterocycles. The lowest BCUT2D eigenvalue weighted by Gasteiger charge is -2.18. The molecular formula is C21H24N2O4. The number of carboxylic acid groups (broad SMARTS) is 1. The molecule has 0 unspecified atom stereocenters. The van der Waals surface area contributed by atoms with Crippen LogP contribution in [0.4, 0.5) is 11.4 Å². The van der Waals surface area contributed by atoms with Gasteiger partial charge in [-0.05, 0) is 55.3 Å². The highest BCUT2D eigenvalue weighted by molar-refractivity contribution is 6.06. The molecule has 0 saturated heterocycles. The number of amides is 2. The molecular weight excluding hydrogens is 344 g/mol. The van der Waals surface area contributed by atoms with Gasteiger partial charge in [0.1, 0.15) is 0 Å². The number of benzene rings is 2. The number of carbonyl (C=O) groups is 3. The zero-order valence-electron chi connectivity index (χ0n) is 16.1. The van der Waals surface area contributed by atoms with Crippen LogP contribution >= 0.6 is 0 Å². The fraction of sp³-hybridized carbons (Fsp3) is 0.286. The van der Waals surface area contributed by atoms with Crippen molar-refractivity contribution in [3.05, 3.63) is 58.7 Å². The number of anilines is 2. The summed E-state index contributed by atoms with van der Waals surface area (Å²) in [6.45, 7) is 9.02. The van der Waals surface area contributed by atoms with E-state index >= 15 is 0 Å². The Morgan fingerprint density at radius 2 is 1.52 bits per heavy atom. The molecule has 6 heteroatoms. The van der Waals surface area contributed by atoms with Crippen molar-refractivity contribution in [1.29, 1.82) is 0 Å². The molecule has 0 spiro atoms. The van der Waals surface area contributed by atoms with Crippen LogP contribution in [0.5, 0.6) is 0 Å². The molecule has 2 amide bonds. The molecule has 2 aromatic rings. The molecule has 0 radical (unpaired) electrons. The molecule has 0 heterocycles. The summed E-state index contributed by atoms with van der Waals surface area (Å²) in [5.41, 5.74) is 2.41. The van der Waals surface area contributed by atoms with Crippen molar-refractivity contribution >= 4 is 29.2 Å². The van der Waals surface area contributed by atoms with E-state index in [1.807, 2.05) is 27.7 Å². The number of carboxylic acids is 1. The van der Waals surface area contributed by atoms with E-state index in [2.05, 4.69) is 10.6 Å². The number of aryl methyl sites for hydroxylation is 2. The lowest BCUT2D eigenvalue weighted by atomic mass is 9.95. The van der Waals surface area contributed by atoms with Gasteiger partial charge in [-0.15, -0.1) is 0 Å². The van der Waals surface area contributed by atoms with Gasteiger partial charge in [0.2, 0.25) is 5.91 Å². The summed E-state index contributed by atoms with van der Waals surface area (Å²) in [7, 11) is 0. The van der Waals surface area contributed by atoms with Gasteiger partial charge in [0.25, 0.3) is 5.91 Å². The third-order valence-corrected chi connectivity index (χ3v) is 4.01. The van der Waals surface area contributed by atoms with Crippen LogP contribution in [0.3, 0.4) is 0 Å². The molecule has 6 nitrogen and oxygen atoms in total. The molecule has 0 aliphatic rings. The zero-order valence-corrected chi connectivity index (χ0v) is 16.1. The second-order valence-corrected chi connectivity index (χ2v) is 7.58. The lowest BCUT2D eigenvalue weighted by Crippen LogP contribution is -2.27. The van der Waals surface area contributed by atoms with E-state index in [0.717, 1.165) is 5.56 Å². The standard InChI is InChI=1S/C21H24N2O4/c1-12-8-14(10-15(9-12)19(25)26)18(24)23-17-11-16(7-6-13(17)2)22-20(27)21(3,4)5/h6-11H,1-5H3,(H,22,27)(H,23,24)(H,25,26). The molecule has 3 N–H and O–H groups in total. The van der Waals surface area contributed by atoms with Crippen LogP contribution in [0.1, 0.15) is 52.6 Å². The van der Waals surface area contributed by atoms with Crippen LogP contribution in [0.2, 0.25) is 0 Å². The van der Waals surface area contributed by atoms with Crippen molar-refractivity contribution in [1.82, 2.24) is 0 Å². The van der Waals surface area contributed by atoms with Gasteiger partial charge >= 0.3 is 5.97 Å². The Hall–Kier alpha value is -3.15. The van der Waals surface area contributed by atoms with Gasteiger partial charge < -0.3 is 15.7 Å². The zero-order chi connectivity index (χ0) is 20.4. The Kier molecular flexibility index (Phi) is 5.69. The highest BCUT2D eigenvalue weighted by Gasteiger charge is 2.21. The quantitative estimate of drug-likeness (QED) is 0.752. The van der Waals surface area contributed by atoms with Crippen LogP contribution in [0.15, 0.2) is 36.4 Å². The maximum absolute atomic E-state index is 12.6. The molecule has 0 aliphatic carbocycles. The molecule has 0 saturated carbocycles. The summed E-state index contributed by atoms with van der Waals surface area (Å²) in [5.74, 6) is -1.63. The van der Waals surface area contributed by atoms with E-state index in [1.165, 1.54) is 12.1 Å². The number of hydrogen-bond donors (Lipinski definition) is 3. The number of carbonyl (C=O) groups excluding carboxylic acids is 2. The lowest BCUT2D eigenvalue weighted by molar-refractivity contribution is -0.123. The number of aromatic carboxylic acids is 1. The van der Waals surface area contributed by atoms with Crippen LogP contribution in [0, 0.1) is 19.3 Å². The minimum atomic E-state index is -1.09. The van der Waals surface area contributed by atoms with E-state index < -0.39 is 17.3 Å². The Balaban J connectivity index is 2.27. The SMILES string of the molecule is Cc1cc(C(=O)O)cc(C(=O)Nc2cc(NC(=O)C(C)(C)C)ccc2C)c1. The van der Waals surface area contributed by atoms with Gasteiger partial charge in [-0.1, -0.05) is 26.8 Å². The van der Waals surface area contributed by atoms with Gasteiger partial charge in [-0.2, -0.15) is 0 Å². The van der Waals surface area contributed by atoms with Crippen molar-refractivity contribution in [2.45, 2.75) is 34.6 Å². The highest BCUT2D eigenvalue weighted by Crippen LogP contribution is 2.24. The number of hydrogen-bond acceptors (Lipinski definition) is 3. The van der Waals surface area contributed by atoms with Crippen molar-refractivity contribution in [3.8, 4) is 0 Å². The minimum Gasteiger partial charge on any atom is -0.478 e. The normalized spacial score (nSPS) is 11.0. The average Bonchev–Trinajstić information content (AvgIpc) is 2.56. The van der Waals surface area contributed by atoms with E-state index in [1.54, 1.807) is 31.2 Å². The van der Waals surface area contributed by atoms with Crippen LogP contribution in [-0.4, -0.2) is 22.9 Å². The van der Waals surface area contributed by atoms with Gasteiger partial charge in [0.05, 0.1) is 5.56 Å². The maximum Gasteiger partial charge on any atom is 0.335 e. The molecule has 0 fully saturated rings. The first-order valence-electron chi connectivity index (χ1n) is 8.56. The van der Waals surface area contributed by atoms with Crippen molar-refractivity contribution in [3.63, 3.8) is 0 Å². The van der Waals surface area contributed by atoms with Gasteiger partial charge in [0, 0.05) is 22.4 Å². The topological polar surface area (TPSA) is 95.5 Å². The number of rotatable bonds is 4. The molecule has 2 rings (SSSR count). The Morgan fingerprint density at radius 1 is 0.889 bits per heavy atom. The van der Waals surface area contributed by atoms with Crippen molar-refractivity contribution in [2.75, 3.05) is 10.6 Å². The molecule has 27 heavy (non-hydrogen) atoms. The molecule has 0 bridgehead atoms. The van der Waals surface area contributed by atoms with Crippen LogP contribution < -0.4 is 10.6 Å². The van der Waals surface area contributed by atoms with E-state index in [9.17, 15) is 14.4 Å². The van der Waals surface area contributed by atoms with Crippen LogP contribution in [0.25, 0.3) is 0 Å². The minimum absolute atomic E-state index is 0.0584. The van der Waals surface area contributed by atoms with Gasteiger partial charge in [0.15, 0.2) is 0 Å². The molecule has 0 atom stereocenters. The smallest absolute Gasteiger partial charge is 0.335 e. The first-order chi connectivity index (χ1) is 12.5. The largest absolute Gasteiger partial charge is 0.478 e. The predicted molar refractivity (Wildman–Crippen MR) is 105 cm³/mol. The Bertz CT molecular complexity index is 911. The van der Waals surface area contributed by atoms with Crippen molar-refractivity contribution < 1.29 is 19.5 Å². The highest BCUT2D eigenvalue weighted by atomic mass is 16.4. The third kappa shape index (κ3) is 5.17. The molecule has 2 aromatic carbocycles. The van der Waals surface area contributed by atoms with E-state index in [4.69, 9.17) is 5.11 Å². The fourth-order valence-corrected chi connectivity index (χ4v) is 2.39. The summed E-state index contributed by atoms with van der Waals surface area (Å²) >= 11 is 0. The van der Waals surface area contributed by atoms with Crippen molar-refractivity contribution in [2.24, 2.45) is 5.41 Å².